The van der Waals surface area contributed by atoms with Crippen molar-refractivity contribution in [1.29, 1.82) is 0 Å². The number of nitrogens with two attached hydrogens (primary N) is 1. The van der Waals surface area contributed by atoms with Crippen molar-refractivity contribution >= 4 is 70.0 Å². The van der Waals surface area contributed by atoms with Gasteiger partial charge in [-0.15, -0.1) is 35.3 Å². The number of thiophene rings is 1. The summed E-state index contributed by atoms with van der Waals surface area (Å²) >= 11 is 3.33. The van der Waals surface area contributed by atoms with Crippen LogP contribution in [0.1, 0.15) is 4.88 Å². The van der Waals surface area contributed by atoms with Crippen LogP contribution < -0.4 is 15.8 Å². The summed E-state index contributed by atoms with van der Waals surface area (Å²) in [7, 11) is 0. The first-order chi connectivity index (χ1) is 14.2. The van der Waals surface area contributed by atoms with Crippen molar-refractivity contribution in [1.82, 2.24) is 0 Å². The molecule has 0 unspecified atom stereocenters. The number of nitrogens with one attached hydrogen (secondary N) is 1. The fraction of sp³-hybridized carbons (Fsp3) is 0. The lowest BCUT2D eigenvalue weighted by Gasteiger charge is -2.21. The smallest absolute Gasteiger partial charge is 0.141 e. The van der Waals surface area contributed by atoms with Crippen molar-refractivity contribution in [3.63, 3.8) is 0 Å². The Balaban J connectivity index is 0.00000218. The minimum absolute atomic E-state index is 0. The summed E-state index contributed by atoms with van der Waals surface area (Å²) in [5, 5.41) is 5.46. The molecule has 3 N–H and O–H groups in total. The van der Waals surface area contributed by atoms with Crippen molar-refractivity contribution in [2.45, 2.75) is 9.79 Å². The van der Waals surface area contributed by atoms with Crippen LogP contribution in [-0.2, 0) is 0 Å². The molecule has 30 heavy (non-hydrogen) atoms. The Bertz CT molecular complexity index is 1190. The Morgan fingerprint density at radius 2 is 1.60 bits per heavy atom. The SMILES string of the molecule is I.N/C(=N\c1ccc(Oc2ccc3c(c2)Nc2ccccc2S3)cc1)c1cccs1. The van der Waals surface area contributed by atoms with E-state index in [2.05, 4.69) is 34.6 Å². The van der Waals surface area contributed by atoms with E-state index in [0.29, 0.717) is 5.84 Å². The first-order valence-corrected chi connectivity index (χ1v) is 10.8. The van der Waals surface area contributed by atoms with Crippen molar-refractivity contribution in [2.75, 3.05) is 5.32 Å². The minimum atomic E-state index is 0. The van der Waals surface area contributed by atoms with Crippen LogP contribution in [0.5, 0.6) is 11.5 Å². The number of fused-ring (bicyclic) bond motifs is 2. The van der Waals surface area contributed by atoms with Crippen LogP contribution in [0.3, 0.4) is 0 Å². The molecule has 4 nitrogen and oxygen atoms in total. The lowest BCUT2D eigenvalue weighted by molar-refractivity contribution is 0.482. The van der Waals surface area contributed by atoms with Gasteiger partial charge in [-0.05, 0) is 60.0 Å². The highest BCUT2D eigenvalue weighted by Crippen LogP contribution is 2.45. The van der Waals surface area contributed by atoms with E-state index in [4.69, 9.17) is 10.5 Å². The van der Waals surface area contributed by atoms with Crippen LogP contribution in [0.25, 0.3) is 0 Å². The van der Waals surface area contributed by atoms with Gasteiger partial charge in [-0.2, -0.15) is 0 Å². The quantitative estimate of drug-likeness (QED) is 0.141. The predicted molar refractivity (Wildman–Crippen MR) is 137 cm³/mol. The molecule has 1 aromatic heterocycles. The van der Waals surface area contributed by atoms with Gasteiger partial charge in [0.05, 0.1) is 21.9 Å². The number of halogens is 1. The summed E-state index contributed by atoms with van der Waals surface area (Å²) in [6, 6.07) is 25.9. The van der Waals surface area contributed by atoms with Gasteiger partial charge < -0.3 is 15.8 Å². The molecule has 0 saturated carbocycles. The molecule has 0 atom stereocenters. The first-order valence-electron chi connectivity index (χ1n) is 9.08. The molecule has 7 heteroatoms. The van der Waals surface area contributed by atoms with Gasteiger partial charge in [0, 0.05) is 15.9 Å². The monoisotopic (exact) mass is 543 g/mol. The zero-order valence-corrected chi connectivity index (χ0v) is 19.7. The molecule has 1 aliphatic heterocycles. The second-order valence-electron chi connectivity index (χ2n) is 6.45. The Hall–Kier alpha value is -2.49. The van der Waals surface area contributed by atoms with Crippen molar-refractivity contribution in [2.24, 2.45) is 10.7 Å². The fourth-order valence-electron chi connectivity index (χ4n) is 3.03. The molecule has 5 rings (SSSR count). The fourth-order valence-corrected chi connectivity index (χ4v) is 4.62. The van der Waals surface area contributed by atoms with Crippen LogP contribution in [0, 0.1) is 0 Å². The summed E-state index contributed by atoms with van der Waals surface area (Å²) in [5.74, 6) is 2.06. The Morgan fingerprint density at radius 3 is 2.40 bits per heavy atom. The molecule has 0 spiro atoms. The highest BCUT2D eigenvalue weighted by atomic mass is 127. The number of hydrogen-bond donors (Lipinski definition) is 2. The number of benzene rings is 3. The molecular weight excluding hydrogens is 525 g/mol. The van der Waals surface area contributed by atoms with Gasteiger partial charge in [0.1, 0.15) is 17.3 Å². The van der Waals surface area contributed by atoms with Crippen LogP contribution >= 0.6 is 47.1 Å². The Kier molecular flexibility index (Phi) is 6.31. The van der Waals surface area contributed by atoms with Gasteiger partial charge in [0.25, 0.3) is 0 Å². The van der Waals surface area contributed by atoms with E-state index in [0.717, 1.165) is 33.4 Å². The molecule has 0 radical (unpaired) electrons. The predicted octanol–water partition coefficient (Wildman–Crippen LogP) is 7.40. The molecule has 3 aromatic carbocycles. The zero-order chi connectivity index (χ0) is 19.6. The second-order valence-corrected chi connectivity index (χ2v) is 8.48. The Labute approximate surface area is 200 Å². The molecule has 0 saturated heterocycles. The maximum atomic E-state index is 6.05. The molecule has 150 valence electrons. The average Bonchev–Trinajstić information content (AvgIpc) is 3.29. The molecule has 1 aliphatic rings. The lowest BCUT2D eigenvalue weighted by atomic mass is 10.2. The Morgan fingerprint density at radius 1 is 0.833 bits per heavy atom. The molecule has 0 bridgehead atoms. The third-order valence-electron chi connectivity index (χ3n) is 4.42. The highest BCUT2D eigenvalue weighted by Gasteiger charge is 2.15. The summed E-state index contributed by atoms with van der Waals surface area (Å²) < 4.78 is 6.04. The maximum absolute atomic E-state index is 6.05. The number of ether oxygens (including phenoxy) is 1. The number of anilines is 2. The minimum Gasteiger partial charge on any atom is -0.457 e. The van der Waals surface area contributed by atoms with Gasteiger partial charge in [-0.3, -0.25) is 0 Å². The highest BCUT2D eigenvalue weighted by molar-refractivity contribution is 14.0. The first kappa shape index (κ1) is 20.8. The summed E-state index contributed by atoms with van der Waals surface area (Å²) in [4.78, 5) is 7.84. The summed E-state index contributed by atoms with van der Waals surface area (Å²) in [5.41, 5.74) is 9.02. The number of para-hydroxylation sites is 1. The molecule has 0 amide bonds. The van der Waals surface area contributed by atoms with E-state index in [-0.39, 0.29) is 24.0 Å². The molecule has 0 fully saturated rings. The van der Waals surface area contributed by atoms with E-state index in [1.807, 2.05) is 60.0 Å². The third-order valence-corrected chi connectivity index (χ3v) is 6.47. The molecule has 4 aromatic rings. The maximum Gasteiger partial charge on any atom is 0.141 e. The van der Waals surface area contributed by atoms with E-state index in [1.165, 1.54) is 9.79 Å². The number of nitrogens with zero attached hydrogens (tertiary/aromatic N) is 1. The molecule has 0 aliphatic carbocycles. The third kappa shape index (κ3) is 4.48. The van der Waals surface area contributed by atoms with Crippen LogP contribution in [0.15, 0.2) is 99.0 Å². The number of rotatable bonds is 4. The van der Waals surface area contributed by atoms with Gasteiger partial charge in [-0.25, -0.2) is 4.99 Å². The van der Waals surface area contributed by atoms with Gasteiger partial charge in [-0.1, -0.05) is 30.0 Å². The van der Waals surface area contributed by atoms with Crippen LogP contribution in [0.2, 0.25) is 0 Å². The van der Waals surface area contributed by atoms with Gasteiger partial charge in [0.2, 0.25) is 0 Å². The average molecular weight is 543 g/mol. The number of hydrogen-bond acceptors (Lipinski definition) is 5. The molecular formula is C23H18IN3OS2. The zero-order valence-electron chi connectivity index (χ0n) is 15.7. The van der Waals surface area contributed by atoms with Crippen molar-refractivity contribution < 1.29 is 4.74 Å². The largest absolute Gasteiger partial charge is 0.457 e. The van der Waals surface area contributed by atoms with E-state index in [1.54, 1.807) is 23.1 Å². The normalized spacial score (nSPS) is 12.2. The van der Waals surface area contributed by atoms with E-state index < -0.39 is 0 Å². The van der Waals surface area contributed by atoms with Gasteiger partial charge in [0.15, 0.2) is 0 Å². The second kappa shape index (κ2) is 9.11. The van der Waals surface area contributed by atoms with Crippen molar-refractivity contribution in [3.8, 4) is 11.5 Å². The van der Waals surface area contributed by atoms with Crippen molar-refractivity contribution in [3.05, 3.63) is 89.1 Å². The standard InChI is InChI=1S/C23H17N3OS2.HI/c24-23(22-6-3-13-28-22)25-15-7-9-16(10-8-15)27-17-11-12-21-19(14-17)26-18-4-1-2-5-20(18)29-21;/h1-14,26H,(H2,24,25);1H. The van der Waals surface area contributed by atoms with Gasteiger partial charge >= 0.3 is 0 Å². The number of aliphatic imine (C=N–C) groups is 1. The topological polar surface area (TPSA) is 59.6 Å². The van der Waals surface area contributed by atoms with Crippen LogP contribution in [-0.4, -0.2) is 5.84 Å². The summed E-state index contributed by atoms with van der Waals surface area (Å²) in [6.07, 6.45) is 0. The van der Waals surface area contributed by atoms with Crippen LogP contribution in [0.4, 0.5) is 17.1 Å². The van der Waals surface area contributed by atoms with E-state index >= 15 is 0 Å². The number of amidine groups is 1. The molecule has 2 heterocycles. The lowest BCUT2D eigenvalue weighted by Crippen LogP contribution is -2.10. The summed E-state index contributed by atoms with van der Waals surface area (Å²) in [6.45, 7) is 0. The van der Waals surface area contributed by atoms with E-state index in [9.17, 15) is 0 Å².